The van der Waals surface area contributed by atoms with Gasteiger partial charge in [0.25, 0.3) is 0 Å². The Balaban J connectivity index is 2.57. The number of carboxylic acid groups (broad SMARTS) is 1. The zero-order valence-electron chi connectivity index (χ0n) is 8.10. The minimum atomic E-state index is -0.975. The molecule has 0 saturated carbocycles. The van der Waals surface area contributed by atoms with E-state index in [1.807, 2.05) is 0 Å². The number of carboxylic acids is 1. The van der Waals surface area contributed by atoms with Gasteiger partial charge in [0.2, 0.25) is 0 Å². The van der Waals surface area contributed by atoms with Crippen molar-refractivity contribution in [3.63, 3.8) is 0 Å². The predicted molar refractivity (Wildman–Crippen MR) is 53.8 cm³/mol. The lowest BCUT2D eigenvalue weighted by Gasteiger charge is -1.95. The Morgan fingerprint density at radius 2 is 2.13 bits per heavy atom. The average molecular weight is 206 g/mol. The topological polar surface area (TPSA) is 70.7 Å². The quantitative estimate of drug-likeness (QED) is 0.790. The summed E-state index contributed by atoms with van der Waals surface area (Å²) >= 11 is 0. The van der Waals surface area contributed by atoms with E-state index in [-0.39, 0.29) is 5.56 Å². The summed E-state index contributed by atoms with van der Waals surface area (Å²) in [5.74, 6) is -0.538. The summed E-state index contributed by atoms with van der Waals surface area (Å²) in [6.07, 6.45) is -0.689. The van der Waals surface area contributed by atoms with Crippen molar-refractivity contribution in [2.75, 3.05) is 0 Å². The Morgan fingerprint density at radius 3 is 2.73 bits per heavy atom. The first kappa shape index (κ1) is 9.73. The normalized spacial score (nSPS) is 12.9. The maximum absolute atomic E-state index is 10.7. The first-order valence-corrected chi connectivity index (χ1v) is 4.53. The molecular formula is C11H10O4. The Hall–Kier alpha value is -1.81. The number of carbonyl (C=O) groups is 1. The molecule has 1 heterocycles. The molecule has 1 atom stereocenters. The molecule has 78 valence electrons. The minimum Gasteiger partial charge on any atom is -0.478 e. The average Bonchev–Trinajstić information content (AvgIpc) is 2.59. The predicted octanol–water partition coefficient (Wildman–Crippen LogP) is 2.18. The zero-order valence-corrected chi connectivity index (χ0v) is 8.10. The fraction of sp³-hybridized carbons (Fsp3) is 0.182. The second-order valence-electron chi connectivity index (χ2n) is 3.38. The molecule has 0 aliphatic carbocycles. The number of aliphatic hydroxyl groups excluding tert-OH is 1. The molecule has 0 spiro atoms. The number of aromatic carboxylic acids is 1. The van der Waals surface area contributed by atoms with Crippen LogP contribution < -0.4 is 0 Å². The first-order chi connectivity index (χ1) is 7.08. The van der Waals surface area contributed by atoms with E-state index in [1.165, 1.54) is 12.1 Å². The van der Waals surface area contributed by atoms with Crippen LogP contribution in [-0.4, -0.2) is 16.2 Å². The van der Waals surface area contributed by atoms with E-state index < -0.39 is 12.1 Å². The van der Waals surface area contributed by atoms with Crippen LogP contribution in [0.4, 0.5) is 0 Å². The highest BCUT2D eigenvalue weighted by atomic mass is 16.4. The summed E-state index contributed by atoms with van der Waals surface area (Å²) in [7, 11) is 0. The second kappa shape index (κ2) is 3.40. The van der Waals surface area contributed by atoms with Gasteiger partial charge in [0.05, 0.1) is 5.56 Å². The fourth-order valence-corrected chi connectivity index (χ4v) is 1.40. The fourth-order valence-electron chi connectivity index (χ4n) is 1.40. The van der Waals surface area contributed by atoms with E-state index >= 15 is 0 Å². The van der Waals surface area contributed by atoms with Crippen molar-refractivity contribution in [2.45, 2.75) is 13.0 Å². The molecule has 1 aromatic heterocycles. The van der Waals surface area contributed by atoms with Gasteiger partial charge in [-0.05, 0) is 31.2 Å². The molecule has 0 aliphatic rings. The molecule has 2 rings (SSSR count). The van der Waals surface area contributed by atoms with E-state index in [0.29, 0.717) is 16.7 Å². The van der Waals surface area contributed by atoms with Gasteiger partial charge >= 0.3 is 5.97 Å². The van der Waals surface area contributed by atoms with Gasteiger partial charge in [0, 0.05) is 5.39 Å². The van der Waals surface area contributed by atoms with E-state index in [2.05, 4.69) is 0 Å². The maximum Gasteiger partial charge on any atom is 0.335 e. The molecular weight excluding hydrogens is 196 g/mol. The monoisotopic (exact) mass is 206 g/mol. The number of furan rings is 1. The molecule has 2 N–H and O–H groups in total. The summed E-state index contributed by atoms with van der Waals surface area (Å²) in [5, 5.41) is 18.8. The summed E-state index contributed by atoms with van der Waals surface area (Å²) in [6.45, 7) is 1.59. The van der Waals surface area contributed by atoms with Crippen LogP contribution in [0.3, 0.4) is 0 Å². The van der Waals surface area contributed by atoms with Crippen molar-refractivity contribution in [2.24, 2.45) is 0 Å². The minimum absolute atomic E-state index is 0.209. The van der Waals surface area contributed by atoms with Gasteiger partial charge in [-0.3, -0.25) is 0 Å². The molecule has 0 bridgehead atoms. The molecule has 15 heavy (non-hydrogen) atoms. The summed E-state index contributed by atoms with van der Waals surface area (Å²) in [4.78, 5) is 10.7. The Labute approximate surface area is 85.8 Å². The highest BCUT2D eigenvalue weighted by molar-refractivity contribution is 5.93. The van der Waals surface area contributed by atoms with Crippen molar-refractivity contribution < 1.29 is 19.4 Å². The van der Waals surface area contributed by atoms with Crippen LogP contribution in [-0.2, 0) is 0 Å². The highest BCUT2D eigenvalue weighted by Crippen LogP contribution is 2.24. The largest absolute Gasteiger partial charge is 0.478 e. The van der Waals surface area contributed by atoms with E-state index in [4.69, 9.17) is 9.52 Å². The molecule has 0 saturated heterocycles. The number of hydrogen-bond donors (Lipinski definition) is 2. The molecule has 1 aromatic carbocycles. The van der Waals surface area contributed by atoms with Gasteiger partial charge in [-0.15, -0.1) is 0 Å². The van der Waals surface area contributed by atoms with Crippen molar-refractivity contribution >= 4 is 16.9 Å². The molecule has 4 heteroatoms. The lowest BCUT2D eigenvalue weighted by molar-refractivity contribution is 0.0697. The standard InChI is InChI=1S/C11H10O4/c1-6(12)10-5-8-4-7(11(13)14)2-3-9(8)15-10/h2-6,12H,1H3,(H,13,14). The smallest absolute Gasteiger partial charge is 0.335 e. The molecule has 0 aliphatic heterocycles. The number of rotatable bonds is 2. The number of hydrogen-bond acceptors (Lipinski definition) is 3. The first-order valence-electron chi connectivity index (χ1n) is 4.53. The summed E-state index contributed by atoms with van der Waals surface area (Å²) in [6, 6.07) is 6.23. The SMILES string of the molecule is CC(O)c1cc2cc(C(=O)O)ccc2o1. The van der Waals surface area contributed by atoms with Crippen molar-refractivity contribution in [1.82, 2.24) is 0 Å². The summed E-state index contributed by atoms with van der Waals surface area (Å²) < 4.78 is 5.32. The Morgan fingerprint density at radius 1 is 1.40 bits per heavy atom. The zero-order chi connectivity index (χ0) is 11.0. The van der Waals surface area contributed by atoms with Crippen LogP contribution in [0, 0.1) is 0 Å². The Kier molecular flexibility index (Phi) is 2.21. The van der Waals surface area contributed by atoms with Crippen LogP contribution in [0.5, 0.6) is 0 Å². The Bertz CT molecular complexity index is 510. The number of aliphatic hydroxyl groups is 1. The van der Waals surface area contributed by atoms with Gasteiger partial charge in [-0.25, -0.2) is 4.79 Å². The number of benzene rings is 1. The van der Waals surface area contributed by atoms with Crippen LogP contribution in [0.25, 0.3) is 11.0 Å². The van der Waals surface area contributed by atoms with Crippen LogP contribution >= 0.6 is 0 Å². The van der Waals surface area contributed by atoms with Crippen LogP contribution in [0.1, 0.15) is 29.1 Å². The van der Waals surface area contributed by atoms with Crippen LogP contribution in [0.2, 0.25) is 0 Å². The molecule has 0 amide bonds. The molecule has 4 nitrogen and oxygen atoms in total. The van der Waals surface area contributed by atoms with Crippen molar-refractivity contribution in [3.05, 3.63) is 35.6 Å². The van der Waals surface area contributed by atoms with Crippen molar-refractivity contribution in [1.29, 1.82) is 0 Å². The third-order valence-corrected chi connectivity index (χ3v) is 2.19. The lowest BCUT2D eigenvalue weighted by Crippen LogP contribution is -1.94. The molecule has 0 fully saturated rings. The van der Waals surface area contributed by atoms with Crippen LogP contribution in [0.15, 0.2) is 28.7 Å². The highest BCUT2D eigenvalue weighted by Gasteiger charge is 2.10. The van der Waals surface area contributed by atoms with Gasteiger partial charge in [-0.1, -0.05) is 0 Å². The van der Waals surface area contributed by atoms with Gasteiger partial charge in [0.15, 0.2) is 0 Å². The third kappa shape index (κ3) is 1.71. The summed E-state index contributed by atoms with van der Waals surface area (Å²) in [5.41, 5.74) is 0.788. The third-order valence-electron chi connectivity index (χ3n) is 2.19. The maximum atomic E-state index is 10.7. The lowest BCUT2D eigenvalue weighted by atomic mass is 10.1. The van der Waals surface area contributed by atoms with Gasteiger partial charge in [0.1, 0.15) is 17.4 Å². The van der Waals surface area contributed by atoms with E-state index in [9.17, 15) is 9.90 Å². The molecule has 2 aromatic rings. The van der Waals surface area contributed by atoms with Gasteiger partial charge < -0.3 is 14.6 Å². The van der Waals surface area contributed by atoms with Gasteiger partial charge in [-0.2, -0.15) is 0 Å². The van der Waals surface area contributed by atoms with E-state index in [0.717, 1.165) is 0 Å². The molecule has 0 radical (unpaired) electrons. The van der Waals surface area contributed by atoms with E-state index in [1.54, 1.807) is 19.1 Å². The molecule has 1 unspecified atom stereocenters. The number of fused-ring (bicyclic) bond motifs is 1. The van der Waals surface area contributed by atoms with Crippen molar-refractivity contribution in [3.8, 4) is 0 Å². The second-order valence-corrected chi connectivity index (χ2v) is 3.38.